The number of hydrogen-bond donors (Lipinski definition) is 2. The molecule has 6 heteroatoms. The molecule has 0 aliphatic heterocycles. The fourth-order valence-electron chi connectivity index (χ4n) is 2.66. The Balaban J connectivity index is 0.00000220. The first-order valence-electron chi connectivity index (χ1n) is 7.02. The van der Waals surface area contributed by atoms with Crippen molar-refractivity contribution in [2.24, 2.45) is 11.7 Å². The van der Waals surface area contributed by atoms with E-state index >= 15 is 0 Å². The molecule has 1 aliphatic rings. The topological polar surface area (TPSA) is 55.1 Å². The molecule has 1 aromatic rings. The zero-order valence-corrected chi connectivity index (χ0v) is 12.6. The number of carbonyl (C=O) groups is 1. The molecule has 0 saturated heterocycles. The molecule has 3 nitrogen and oxygen atoms in total. The molecule has 0 bridgehead atoms. The van der Waals surface area contributed by atoms with Crippen molar-refractivity contribution in [1.82, 2.24) is 5.32 Å². The van der Waals surface area contributed by atoms with Gasteiger partial charge in [-0.25, -0.2) is 8.78 Å². The van der Waals surface area contributed by atoms with Gasteiger partial charge in [-0.2, -0.15) is 0 Å². The van der Waals surface area contributed by atoms with E-state index in [1.807, 2.05) is 0 Å². The predicted molar refractivity (Wildman–Crippen MR) is 80.0 cm³/mol. The van der Waals surface area contributed by atoms with Gasteiger partial charge in [0.2, 0.25) is 5.91 Å². The minimum atomic E-state index is -0.639. The maximum absolute atomic E-state index is 13.4. The fraction of sp³-hybridized carbons (Fsp3) is 0.533. The lowest BCUT2D eigenvalue weighted by Crippen LogP contribution is -2.37. The molecule has 118 valence electrons. The van der Waals surface area contributed by atoms with Crippen molar-refractivity contribution >= 4 is 18.3 Å². The number of hydrogen-bond acceptors (Lipinski definition) is 2. The fourth-order valence-corrected chi connectivity index (χ4v) is 2.66. The van der Waals surface area contributed by atoms with Crippen molar-refractivity contribution in [3.63, 3.8) is 0 Å². The first-order chi connectivity index (χ1) is 9.56. The lowest BCUT2D eigenvalue weighted by molar-refractivity contribution is -0.122. The molecule has 2 atom stereocenters. The summed E-state index contributed by atoms with van der Waals surface area (Å²) in [5.74, 6) is -1.18. The Hall–Kier alpha value is -1.20. The zero-order chi connectivity index (χ0) is 14.5. The van der Waals surface area contributed by atoms with Crippen molar-refractivity contribution in [3.05, 3.63) is 35.4 Å². The van der Waals surface area contributed by atoms with Crippen LogP contribution in [0.4, 0.5) is 8.78 Å². The van der Waals surface area contributed by atoms with E-state index in [2.05, 4.69) is 5.32 Å². The van der Waals surface area contributed by atoms with E-state index in [4.69, 9.17) is 5.73 Å². The van der Waals surface area contributed by atoms with E-state index in [0.717, 1.165) is 31.7 Å². The predicted octanol–water partition coefficient (Wildman–Crippen LogP) is 2.91. The lowest BCUT2D eigenvalue weighted by Gasteiger charge is -2.27. The molecule has 1 fully saturated rings. The quantitative estimate of drug-likeness (QED) is 0.897. The standard InChI is InChI=1S/C15H20F2N2O.ClH/c16-12-6-5-11(13(17)8-12)9-19-15(20)7-10-3-1-2-4-14(10)18;/h5-6,8,10,14H,1-4,7,9,18H2,(H,19,20);1H. The van der Waals surface area contributed by atoms with Gasteiger partial charge in [0.25, 0.3) is 0 Å². The molecule has 21 heavy (non-hydrogen) atoms. The van der Waals surface area contributed by atoms with Crippen LogP contribution in [0.2, 0.25) is 0 Å². The summed E-state index contributed by atoms with van der Waals surface area (Å²) in [6.45, 7) is 0.0763. The number of nitrogens with two attached hydrogens (primary N) is 1. The second kappa shape index (κ2) is 8.29. The molecule has 0 radical (unpaired) electrons. The van der Waals surface area contributed by atoms with Gasteiger partial charge in [0.15, 0.2) is 0 Å². The van der Waals surface area contributed by atoms with Gasteiger partial charge in [0, 0.05) is 30.6 Å². The van der Waals surface area contributed by atoms with Gasteiger partial charge in [0.05, 0.1) is 0 Å². The van der Waals surface area contributed by atoms with Gasteiger partial charge >= 0.3 is 0 Å². The average molecular weight is 319 g/mol. The van der Waals surface area contributed by atoms with Crippen molar-refractivity contribution in [2.45, 2.75) is 44.7 Å². The Morgan fingerprint density at radius 2 is 2.00 bits per heavy atom. The number of nitrogens with one attached hydrogen (secondary N) is 1. The van der Waals surface area contributed by atoms with Gasteiger partial charge in [-0.05, 0) is 24.8 Å². The second-order valence-corrected chi connectivity index (χ2v) is 5.42. The van der Waals surface area contributed by atoms with Crippen LogP contribution in [0.3, 0.4) is 0 Å². The third-order valence-electron chi connectivity index (χ3n) is 3.91. The molecule has 1 aromatic carbocycles. The van der Waals surface area contributed by atoms with Gasteiger partial charge in [0.1, 0.15) is 11.6 Å². The Kier molecular flexibility index (Phi) is 7.05. The highest BCUT2D eigenvalue weighted by atomic mass is 35.5. The Morgan fingerprint density at radius 1 is 1.29 bits per heavy atom. The van der Waals surface area contributed by atoms with Crippen LogP contribution in [0, 0.1) is 17.6 Å². The SMILES string of the molecule is Cl.NC1CCCCC1CC(=O)NCc1ccc(F)cc1F. The average Bonchev–Trinajstić information content (AvgIpc) is 2.40. The highest BCUT2D eigenvalue weighted by Crippen LogP contribution is 2.25. The maximum atomic E-state index is 13.4. The lowest BCUT2D eigenvalue weighted by atomic mass is 9.83. The van der Waals surface area contributed by atoms with Crippen LogP contribution in [0.5, 0.6) is 0 Å². The molecular weight excluding hydrogens is 298 g/mol. The molecule has 1 saturated carbocycles. The monoisotopic (exact) mass is 318 g/mol. The van der Waals surface area contributed by atoms with Crippen LogP contribution in [0.25, 0.3) is 0 Å². The Labute approximate surface area is 129 Å². The smallest absolute Gasteiger partial charge is 0.220 e. The molecule has 1 aliphatic carbocycles. The molecule has 2 unspecified atom stereocenters. The Bertz CT molecular complexity index is 485. The largest absolute Gasteiger partial charge is 0.352 e. The summed E-state index contributed by atoms with van der Waals surface area (Å²) in [5, 5.41) is 2.67. The van der Waals surface area contributed by atoms with E-state index in [9.17, 15) is 13.6 Å². The highest BCUT2D eigenvalue weighted by molar-refractivity contribution is 5.85. The minimum absolute atomic E-state index is 0. The van der Waals surface area contributed by atoms with E-state index in [0.29, 0.717) is 6.42 Å². The van der Waals surface area contributed by atoms with Crippen molar-refractivity contribution < 1.29 is 13.6 Å². The normalized spacial score (nSPS) is 21.5. The highest BCUT2D eigenvalue weighted by Gasteiger charge is 2.24. The second-order valence-electron chi connectivity index (χ2n) is 5.42. The maximum Gasteiger partial charge on any atom is 0.220 e. The van der Waals surface area contributed by atoms with E-state index in [1.54, 1.807) is 0 Å². The molecule has 2 rings (SSSR count). The molecular formula is C15H21ClF2N2O. The molecule has 1 amide bonds. The summed E-state index contributed by atoms with van der Waals surface area (Å²) >= 11 is 0. The summed E-state index contributed by atoms with van der Waals surface area (Å²) in [6.07, 6.45) is 4.55. The van der Waals surface area contributed by atoms with Crippen molar-refractivity contribution in [1.29, 1.82) is 0 Å². The number of carbonyl (C=O) groups excluding carboxylic acids is 1. The number of rotatable bonds is 4. The molecule has 0 heterocycles. The van der Waals surface area contributed by atoms with Crippen molar-refractivity contribution in [2.75, 3.05) is 0 Å². The first-order valence-corrected chi connectivity index (χ1v) is 7.02. The van der Waals surface area contributed by atoms with Crippen LogP contribution in [-0.2, 0) is 11.3 Å². The van der Waals surface area contributed by atoms with Crippen LogP contribution in [-0.4, -0.2) is 11.9 Å². The summed E-state index contributed by atoms with van der Waals surface area (Å²) < 4.78 is 26.2. The van der Waals surface area contributed by atoms with E-state index in [1.165, 1.54) is 12.1 Å². The molecule has 0 spiro atoms. The molecule has 3 N–H and O–H groups in total. The first kappa shape index (κ1) is 17.9. The van der Waals surface area contributed by atoms with Gasteiger partial charge in [-0.1, -0.05) is 18.9 Å². The zero-order valence-electron chi connectivity index (χ0n) is 11.8. The summed E-state index contributed by atoms with van der Waals surface area (Å²) in [4.78, 5) is 11.8. The minimum Gasteiger partial charge on any atom is -0.352 e. The number of amides is 1. The van der Waals surface area contributed by atoms with Crippen LogP contribution < -0.4 is 11.1 Å². The summed E-state index contributed by atoms with van der Waals surface area (Å²) in [6, 6.07) is 3.43. The van der Waals surface area contributed by atoms with Crippen LogP contribution in [0.1, 0.15) is 37.7 Å². The number of halogens is 3. The van der Waals surface area contributed by atoms with E-state index in [-0.39, 0.29) is 42.4 Å². The van der Waals surface area contributed by atoms with Gasteiger partial charge in [-0.3, -0.25) is 4.79 Å². The third-order valence-corrected chi connectivity index (χ3v) is 3.91. The van der Waals surface area contributed by atoms with E-state index < -0.39 is 11.6 Å². The van der Waals surface area contributed by atoms with Gasteiger partial charge < -0.3 is 11.1 Å². The van der Waals surface area contributed by atoms with Crippen LogP contribution in [0.15, 0.2) is 18.2 Å². The summed E-state index contributed by atoms with van der Waals surface area (Å²) in [5.41, 5.74) is 6.28. The number of benzene rings is 1. The van der Waals surface area contributed by atoms with Crippen molar-refractivity contribution in [3.8, 4) is 0 Å². The Morgan fingerprint density at radius 3 is 2.67 bits per heavy atom. The third kappa shape index (κ3) is 5.25. The molecule has 0 aromatic heterocycles. The van der Waals surface area contributed by atoms with Gasteiger partial charge in [-0.15, -0.1) is 12.4 Å². The van der Waals surface area contributed by atoms with Crippen LogP contribution >= 0.6 is 12.4 Å². The summed E-state index contributed by atoms with van der Waals surface area (Å²) in [7, 11) is 0.